The molecule has 0 bridgehead atoms. The zero-order valence-electron chi connectivity index (χ0n) is 20.4. The fourth-order valence-corrected chi connectivity index (χ4v) is 5.15. The Bertz CT molecular complexity index is 1400. The molecule has 0 atom stereocenters. The monoisotopic (exact) mass is 475 g/mol. The summed E-state index contributed by atoms with van der Waals surface area (Å²) in [4.78, 5) is 9.75. The predicted molar refractivity (Wildman–Crippen MR) is 143 cm³/mol. The lowest BCUT2D eigenvalue weighted by molar-refractivity contribution is 0.212. The highest BCUT2D eigenvalue weighted by Crippen LogP contribution is 2.32. The van der Waals surface area contributed by atoms with Gasteiger partial charge in [0.05, 0.1) is 18.8 Å². The quantitative estimate of drug-likeness (QED) is 0.333. The minimum atomic E-state index is 0.243. The van der Waals surface area contributed by atoms with Crippen LogP contribution in [0.15, 0.2) is 103 Å². The number of anilines is 1. The van der Waals surface area contributed by atoms with E-state index in [1.165, 1.54) is 11.1 Å². The first-order valence-corrected chi connectivity index (χ1v) is 12.4. The maximum atomic E-state index is 5.40. The van der Waals surface area contributed by atoms with Gasteiger partial charge < -0.3 is 9.64 Å². The molecule has 3 aromatic carbocycles. The summed E-state index contributed by atoms with van der Waals surface area (Å²) in [5.41, 5.74) is 5.62. The number of methoxy groups -OCH3 is 1. The molecule has 2 aromatic heterocycles. The van der Waals surface area contributed by atoms with Crippen LogP contribution in [0.5, 0.6) is 5.75 Å². The molecule has 1 saturated heterocycles. The van der Waals surface area contributed by atoms with Crippen molar-refractivity contribution in [3.05, 3.63) is 115 Å². The Labute approximate surface area is 211 Å². The first-order valence-electron chi connectivity index (χ1n) is 12.4. The average Bonchev–Trinajstić information content (AvgIpc) is 3.40. The van der Waals surface area contributed by atoms with Gasteiger partial charge in [0.15, 0.2) is 5.82 Å². The second kappa shape index (κ2) is 9.84. The molecule has 6 nitrogen and oxygen atoms in total. The highest BCUT2D eigenvalue weighted by molar-refractivity contribution is 5.75. The van der Waals surface area contributed by atoms with Crippen molar-refractivity contribution in [1.29, 1.82) is 0 Å². The Morgan fingerprint density at radius 3 is 2.14 bits per heavy atom. The molecule has 0 amide bonds. The van der Waals surface area contributed by atoms with Crippen molar-refractivity contribution in [3.63, 3.8) is 0 Å². The predicted octanol–water partition coefficient (Wildman–Crippen LogP) is 5.32. The third-order valence-corrected chi connectivity index (χ3v) is 6.94. The van der Waals surface area contributed by atoms with Crippen molar-refractivity contribution < 1.29 is 4.74 Å². The van der Waals surface area contributed by atoms with Crippen LogP contribution in [0, 0.1) is 0 Å². The second-order valence-corrected chi connectivity index (χ2v) is 9.09. The van der Waals surface area contributed by atoms with E-state index in [1.54, 1.807) is 7.11 Å². The van der Waals surface area contributed by atoms with Crippen LogP contribution < -0.4 is 9.64 Å². The van der Waals surface area contributed by atoms with Gasteiger partial charge in [0.25, 0.3) is 0 Å². The Hall–Kier alpha value is -4.16. The fourth-order valence-electron chi connectivity index (χ4n) is 5.15. The summed E-state index contributed by atoms with van der Waals surface area (Å²) in [6.45, 7) is 3.72. The fraction of sp³-hybridized carbons (Fsp3) is 0.200. The molecule has 1 aliphatic heterocycles. The van der Waals surface area contributed by atoms with Gasteiger partial charge in [-0.05, 0) is 29.3 Å². The molecule has 0 aliphatic carbocycles. The average molecular weight is 476 g/mol. The number of rotatable bonds is 6. The van der Waals surface area contributed by atoms with Crippen molar-refractivity contribution in [3.8, 4) is 17.0 Å². The van der Waals surface area contributed by atoms with Gasteiger partial charge >= 0.3 is 0 Å². The highest BCUT2D eigenvalue weighted by Gasteiger charge is 2.27. The third-order valence-electron chi connectivity index (χ3n) is 6.94. The van der Waals surface area contributed by atoms with E-state index in [0.29, 0.717) is 0 Å². The molecule has 3 heterocycles. The van der Waals surface area contributed by atoms with Gasteiger partial charge in [-0.1, -0.05) is 72.8 Å². The maximum absolute atomic E-state index is 5.40. The van der Waals surface area contributed by atoms with Crippen LogP contribution in [0.2, 0.25) is 0 Å². The number of ether oxygens (including phenoxy) is 1. The van der Waals surface area contributed by atoms with E-state index in [2.05, 4.69) is 82.6 Å². The summed E-state index contributed by atoms with van der Waals surface area (Å²) in [6, 6.07) is 32.0. The van der Waals surface area contributed by atoms with Crippen LogP contribution in [-0.2, 0) is 0 Å². The van der Waals surface area contributed by atoms with E-state index in [-0.39, 0.29) is 6.04 Å². The van der Waals surface area contributed by atoms with Crippen LogP contribution in [0.1, 0.15) is 17.2 Å². The molecule has 6 heteroatoms. The zero-order chi connectivity index (χ0) is 24.3. The Kier molecular flexibility index (Phi) is 6.10. The molecule has 36 heavy (non-hydrogen) atoms. The molecule has 6 rings (SSSR count). The molecule has 5 aromatic rings. The molecular weight excluding hydrogens is 446 g/mol. The molecular formula is C30H29N5O. The minimum absolute atomic E-state index is 0.243. The van der Waals surface area contributed by atoms with E-state index in [0.717, 1.165) is 54.5 Å². The van der Waals surface area contributed by atoms with Crippen molar-refractivity contribution in [2.75, 3.05) is 38.2 Å². The highest BCUT2D eigenvalue weighted by atomic mass is 16.5. The first kappa shape index (κ1) is 22.3. The van der Waals surface area contributed by atoms with Crippen LogP contribution >= 0.6 is 0 Å². The smallest absolute Gasteiger partial charge is 0.154 e. The van der Waals surface area contributed by atoms with E-state index < -0.39 is 0 Å². The Balaban J connectivity index is 1.26. The molecule has 0 unspecified atom stereocenters. The van der Waals surface area contributed by atoms with Gasteiger partial charge in [-0.15, -0.1) is 0 Å². The SMILES string of the molecule is COc1cccc(-c2cc3c(N4CCN(C(c5ccccc5)c5ccccc5)CC4)nccn3n2)c1. The van der Waals surface area contributed by atoms with Gasteiger partial charge in [0.1, 0.15) is 11.3 Å². The number of fused-ring (bicyclic) bond motifs is 1. The lowest BCUT2D eigenvalue weighted by Crippen LogP contribution is -2.48. The number of hydrogen-bond acceptors (Lipinski definition) is 5. The number of piperazine rings is 1. The van der Waals surface area contributed by atoms with Gasteiger partial charge in [0.2, 0.25) is 0 Å². The summed E-state index contributed by atoms with van der Waals surface area (Å²) in [7, 11) is 1.69. The Morgan fingerprint density at radius 2 is 1.47 bits per heavy atom. The lowest BCUT2D eigenvalue weighted by Gasteiger charge is -2.40. The maximum Gasteiger partial charge on any atom is 0.154 e. The number of nitrogens with zero attached hydrogens (tertiary/aromatic N) is 5. The molecule has 0 N–H and O–H groups in total. The van der Waals surface area contributed by atoms with Crippen molar-refractivity contribution in [2.45, 2.75) is 6.04 Å². The van der Waals surface area contributed by atoms with Gasteiger partial charge in [-0.2, -0.15) is 5.10 Å². The van der Waals surface area contributed by atoms with Crippen LogP contribution in [0.3, 0.4) is 0 Å². The molecule has 180 valence electrons. The number of aromatic nitrogens is 3. The largest absolute Gasteiger partial charge is 0.497 e. The summed E-state index contributed by atoms with van der Waals surface area (Å²) in [5.74, 6) is 1.81. The summed E-state index contributed by atoms with van der Waals surface area (Å²) >= 11 is 0. The molecule has 0 spiro atoms. The molecule has 0 saturated carbocycles. The normalized spacial score (nSPS) is 14.4. The summed E-state index contributed by atoms with van der Waals surface area (Å²) in [6.07, 6.45) is 3.76. The van der Waals surface area contributed by atoms with Crippen LogP contribution in [0.4, 0.5) is 5.82 Å². The van der Waals surface area contributed by atoms with Crippen molar-refractivity contribution in [2.24, 2.45) is 0 Å². The molecule has 1 fully saturated rings. The topological polar surface area (TPSA) is 45.9 Å². The minimum Gasteiger partial charge on any atom is -0.497 e. The molecule has 1 aliphatic rings. The molecule has 0 radical (unpaired) electrons. The standard InChI is InChI=1S/C30H29N5O/c1-36-26-14-8-13-25(21-26)27-22-28-30(31-15-16-35(28)32-27)34-19-17-33(18-20-34)29(23-9-4-2-5-10-23)24-11-6-3-7-12-24/h2-16,21-22,29H,17-20H2,1H3. The van der Waals surface area contributed by atoms with Gasteiger partial charge in [0, 0.05) is 44.1 Å². The number of hydrogen-bond donors (Lipinski definition) is 0. The van der Waals surface area contributed by atoms with E-state index in [9.17, 15) is 0 Å². The van der Waals surface area contributed by atoms with Gasteiger partial charge in [-0.25, -0.2) is 9.50 Å². The second-order valence-electron chi connectivity index (χ2n) is 9.09. The number of benzene rings is 3. The zero-order valence-corrected chi connectivity index (χ0v) is 20.4. The van der Waals surface area contributed by atoms with E-state index in [1.807, 2.05) is 35.1 Å². The van der Waals surface area contributed by atoms with E-state index >= 15 is 0 Å². The third kappa shape index (κ3) is 4.32. The van der Waals surface area contributed by atoms with E-state index in [4.69, 9.17) is 14.8 Å². The summed E-state index contributed by atoms with van der Waals surface area (Å²) < 4.78 is 7.33. The van der Waals surface area contributed by atoms with Crippen LogP contribution in [-0.4, -0.2) is 52.8 Å². The summed E-state index contributed by atoms with van der Waals surface area (Å²) in [5, 5.41) is 4.82. The first-order chi connectivity index (χ1) is 17.8. The van der Waals surface area contributed by atoms with Crippen molar-refractivity contribution in [1.82, 2.24) is 19.5 Å². The Morgan fingerprint density at radius 1 is 0.778 bits per heavy atom. The van der Waals surface area contributed by atoms with Crippen molar-refractivity contribution >= 4 is 11.3 Å². The lowest BCUT2D eigenvalue weighted by atomic mass is 9.96. The van der Waals surface area contributed by atoms with Gasteiger partial charge in [-0.3, -0.25) is 4.90 Å². The van der Waals surface area contributed by atoms with Crippen LogP contribution in [0.25, 0.3) is 16.8 Å².